The zero-order chi connectivity index (χ0) is 15.0. The third-order valence-corrected chi connectivity index (χ3v) is 3.48. The molecule has 1 atom stereocenters. The zero-order valence-electron chi connectivity index (χ0n) is 11.5. The largest absolute Gasteiger partial charge is 0.489 e. The number of pyridine rings is 1. The average Bonchev–Trinajstić information content (AvgIpc) is 2.46. The zero-order valence-corrected chi connectivity index (χ0v) is 11.5. The Balaban J connectivity index is 2.30. The Labute approximate surface area is 121 Å². The lowest BCUT2D eigenvalue weighted by Crippen LogP contribution is -2.51. The number of halogens is 1. The lowest BCUT2D eigenvalue weighted by atomic mass is 9.78. The molecule has 0 spiro atoms. The van der Waals surface area contributed by atoms with Gasteiger partial charge in [0.05, 0.1) is 5.69 Å². The molecule has 0 saturated carbocycles. The fourth-order valence-corrected chi connectivity index (χ4v) is 2.44. The SMILES string of the molecule is CC1C=c2c(B(O)O)cc(-c3ccccc3F)nc2=NC1. The van der Waals surface area contributed by atoms with Gasteiger partial charge in [0.1, 0.15) is 5.82 Å². The van der Waals surface area contributed by atoms with Gasteiger partial charge in [-0.15, -0.1) is 0 Å². The molecular formula is C15H14BFN2O2. The number of hydrogen-bond acceptors (Lipinski definition) is 4. The lowest BCUT2D eigenvalue weighted by molar-refractivity contribution is 0.425. The predicted octanol–water partition coefficient (Wildman–Crippen LogP) is -0.383. The first kappa shape index (κ1) is 13.9. The number of fused-ring (bicyclic) bond motifs is 1. The number of benzene rings is 1. The number of nitrogens with zero attached hydrogens (tertiary/aromatic N) is 2. The highest BCUT2D eigenvalue weighted by Crippen LogP contribution is 2.18. The van der Waals surface area contributed by atoms with Crippen LogP contribution in [0, 0.1) is 11.7 Å². The first-order chi connectivity index (χ1) is 10.1. The molecule has 3 rings (SSSR count). The van der Waals surface area contributed by atoms with E-state index in [1.54, 1.807) is 18.2 Å². The van der Waals surface area contributed by atoms with Crippen molar-refractivity contribution in [2.45, 2.75) is 6.92 Å². The third-order valence-electron chi connectivity index (χ3n) is 3.48. The number of rotatable bonds is 2. The van der Waals surface area contributed by atoms with E-state index in [0.29, 0.717) is 34.0 Å². The highest BCUT2D eigenvalue weighted by atomic mass is 19.1. The van der Waals surface area contributed by atoms with Crippen molar-refractivity contribution in [1.82, 2.24) is 4.98 Å². The van der Waals surface area contributed by atoms with E-state index in [2.05, 4.69) is 9.98 Å². The standard InChI is InChI=1S/C15H14BFN2O2/c1-9-6-11-12(16(20)21)7-14(19-15(11)18-8-9)10-4-2-3-5-13(10)17/h2-7,9,20-21H,8H2,1H3. The van der Waals surface area contributed by atoms with Gasteiger partial charge in [-0.25, -0.2) is 9.37 Å². The first-order valence-corrected chi connectivity index (χ1v) is 6.74. The maximum atomic E-state index is 13.9. The van der Waals surface area contributed by atoms with Crippen molar-refractivity contribution >= 4 is 18.7 Å². The van der Waals surface area contributed by atoms with Crippen LogP contribution in [0.4, 0.5) is 4.39 Å². The molecule has 6 heteroatoms. The molecule has 2 aromatic rings. The molecule has 2 heterocycles. The molecule has 1 aliphatic rings. The monoisotopic (exact) mass is 284 g/mol. The van der Waals surface area contributed by atoms with Crippen LogP contribution in [0.5, 0.6) is 0 Å². The van der Waals surface area contributed by atoms with Gasteiger partial charge in [-0.3, -0.25) is 4.99 Å². The Morgan fingerprint density at radius 2 is 2.05 bits per heavy atom. The van der Waals surface area contributed by atoms with Crippen molar-refractivity contribution in [1.29, 1.82) is 0 Å². The molecule has 0 saturated heterocycles. The quantitative estimate of drug-likeness (QED) is 0.739. The van der Waals surface area contributed by atoms with Gasteiger partial charge < -0.3 is 10.0 Å². The van der Waals surface area contributed by atoms with Crippen molar-refractivity contribution in [2.75, 3.05) is 6.54 Å². The van der Waals surface area contributed by atoms with Crippen LogP contribution in [0.25, 0.3) is 17.3 Å². The van der Waals surface area contributed by atoms with E-state index in [4.69, 9.17) is 0 Å². The molecule has 0 radical (unpaired) electrons. The molecule has 1 unspecified atom stereocenters. The fraction of sp³-hybridized carbons (Fsp3) is 0.200. The Hall–Kier alpha value is -2.05. The topological polar surface area (TPSA) is 65.7 Å². The van der Waals surface area contributed by atoms with Gasteiger partial charge >= 0.3 is 7.12 Å². The first-order valence-electron chi connectivity index (χ1n) is 6.74. The molecule has 0 amide bonds. The smallest absolute Gasteiger partial charge is 0.423 e. The molecule has 1 aromatic carbocycles. The molecule has 106 valence electrons. The van der Waals surface area contributed by atoms with Gasteiger partial charge in [0.15, 0.2) is 5.49 Å². The number of aromatic nitrogens is 1. The van der Waals surface area contributed by atoms with Crippen molar-refractivity contribution in [2.24, 2.45) is 10.9 Å². The summed E-state index contributed by atoms with van der Waals surface area (Å²) in [6, 6.07) is 7.76. The van der Waals surface area contributed by atoms with Crippen molar-refractivity contribution in [3.05, 3.63) is 46.9 Å². The molecule has 21 heavy (non-hydrogen) atoms. The maximum absolute atomic E-state index is 13.9. The summed E-state index contributed by atoms with van der Waals surface area (Å²) in [7, 11) is -1.65. The van der Waals surface area contributed by atoms with Crippen molar-refractivity contribution < 1.29 is 14.4 Å². The summed E-state index contributed by atoms with van der Waals surface area (Å²) in [5, 5.41) is 19.8. The predicted molar refractivity (Wildman–Crippen MR) is 78.7 cm³/mol. The minimum atomic E-state index is -1.65. The van der Waals surface area contributed by atoms with E-state index in [1.807, 2.05) is 13.0 Å². The average molecular weight is 284 g/mol. The van der Waals surface area contributed by atoms with Crippen LogP contribution >= 0.6 is 0 Å². The van der Waals surface area contributed by atoms with Crippen LogP contribution in [-0.4, -0.2) is 28.7 Å². The van der Waals surface area contributed by atoms with E-state index < -0.39 is 12.9 Å². The van der Waals surface area contributed by atoms with Gasteiger partial charge in [-0.2, -0.15) is 0 Å². The van der Waals surface area contributed by atoms with Crippen LogP contribution in [0.2, 0.25) is 0 Å². The Morgan fingerprint density at radius 1 is 1.29 bits per heavy atom. The van der Waals surface area contributed by atoms with Gasteiger partial charge in [0, 0.05) is 17.3 Å². The van der Waals surface area contributed by atoms with Gasteiger partial charge in [-0.1, -0.05) is 25.1 Å². The van der Waals surface area contributed by atoms with Crippen LogP contribution in [0.3, 0.4) is 0 Å². The second-order valence-corrected chi connectivity index (χ2v) is 5.17. The summed E-state index contributed by atoms with van der Waals surface area (Å²) in [6.07, 6.45) is 1.91. The van der Waals surface area contributed by atoms with E-state index in [0.717, 1.165) is 0 Å². The van der Waals surface area contributed by atoms with Crippen LogP contribution in [0.1, 0.15) is 6.92 Å². The summed E-state index contributed by atoms with van der Waals surface area (Å²) in [5.41, 5.74) is 1.39. The Kier molecular flexibility index (Phi) is 3.57. The lowest BCUT2D eigenvalue weighted by Gasteiger charge is -2.12. The highest BCUT2D eigenvalue weighted by molar-refractivity contribution is 6.58. The molecule has 2 N–H and O–H groups in total. The third kappa shape index (κ3) is 2.60. The summed E-state index contributed by atoms with van der Waals surface area (Å²) in [6.45, 7) is 2.58. The molecule has 1 aliphatic heterocycles. The fourth-order valence-electron chi connectivity index (χ4n) is 2.44. The molecule has 4 nitrogen and oxygen atoms in total. The van der Waals surface area contributed by atoms with E-state index in [-0.39, 0.29) is 5.92 Å². The van der Waals surface area contributed by atoms with Crippen LogP contribution in [0.15, 0.2) is 35.3 Å². The van der Waals surface area contributed by atoms with Crippen LogP contribution in [-0.2, 0) is 0 Å². The Bertz CT molecular complexity index is 808. The number of hydrogen-bond donors (Lipinski definition) is 2. The Morgan fingerprint density at radius 3 is 2.76 bits per heavy atom. The minimum absolute atomic E-state index is 0.205. The van der Waals surface area contributed by atoms with Crippen molar-refractivity contribution in [3.8, 4) is 11.3 Å². The normalized spacial score (nSPS) is 16.7. The molecule has 0 bridgehead atoms. The van der Waals surface area contributed by atoms with E-state index in [9.17, 15) is 14.4 Å². The molecule has 0 aliphatic carbocycles. The maximum Gasteiger partial charge on any atom is 0.489 e. The highest BCUT2D eigenvalue weighted by Gasteiger charge is 2.19. The minimum Gasteiger partial charge on any atom is -0.423 e. The van der Waals surface area contributed by atoms with Gasteiger partial charge in [-0.05, 0) is 29.6 Å². The second-order valence-electron chi connectivity index (χ2n) is 5.17. The van der Waals surface area contributed by atoms with Crippen LogP contribution < -0.4 is 16.2 Å². The summed E-state index contributed by atoms with van der Waals surface area (Å²) >= 11 is 0. The van der Waals surface area contributed by atoms with E-state index in [1.165, 1.54) is 12.1 Å². The van der Waals surface area contributed by atoms with Gasteiger partial charge in [0.2, 0.25) is 0 Å². The molecule has 0 fully saturated rings. The summed E-state index contributed by atoms with van der Waals surface area (Å²) in [5.74, 6) is -0.201. The summed E-state index contributed by atoms with van der Waals surface area (Å²) < 4.78 is 13.9. The molecular weight excluding hydrogens is 270 g/mol. The van der Waals surface area contributed by atoms with Gasteiger partial charge in [0.25, 0.3) is 0 Å². The second kappa shape index (κ2) is 5.39. The summed E-state index contributed by atoms with van der Waals surface area (Å²) in [4.78, 5) is 8.71. The molecule has 1 aromatic heterocycles. The van der Waals surface area contributed by atoms with Crippen molar-refractivity contribution in [3.63, 3.8) is 0 Å². The van der Waals surface area contributed by atoms with E-state index >= 15 is 0 Å².